The van der Waals surface area contributed by atoms with Crippen LogP contribution in [0.15, 0.2) is 10.0 Å². The third-order valence-corrected chi connectivity index (χ3v) is 3.40. The molecule has 0 aromatic carbocycles. The lowest BCUT2D eigenvalue weighted by atomic mass is 10.1. The highest BCUT2D eigenvalue weighted by atomic mass is 32.1. The van der Waals surface area contributed by atoms with E-state index in [1.165, 1.54) is 13.8 Å². The summed E-state index contributed by atoms with van der Waals surface area (Å²) in [5.74, 6) is -0.501. The Morgan fingerprint density at radius 1 is 1.38 bits per heavy atom. The second kappa shape index (κ2) is 5.10. The first-order chi connectivity index (χ1) is 9.61. The predicted molar refractivity (Wildman–Crippen MR) is 66.6 cm³/mol. The summed E-state index contributed by atoms with van der Waals surface area (Å²) in [7, 11) is 0. The molecule has 0 atom stereocenters. The Balaban J connectivity index is 2.24. The lowest BCUT2D eigenvalue weighted by Gasteiger charge is -2.21. The SMILES string of the molecule is Cc1noc(C(C)(C)NC(=O)c2ncsc2C(F)(F)F)n1. The first-order valence-electron chi connectivity index (χ1n) is 5.75. The molecule has 0 spiro atoms. The smallest absolute Gasteiger partial charge is 0.337 e. The molecule has 2 aromatic heterocycles. The second-order valence-corrected chi connectivity index (χ2v) is 5.61. The highest BCUT2D eigenvalue weighted by Gasteiger charge is 2.39. The van der Waals surface area contributed by atoms with Crippen molar-refractivity contribution in [1.29, 1.82) is 0 Å². The highest BCUT2D eigenvalue weighted by molar-refractivity contribution is 7.10. The van der Waals surface area contributed by atoms with E-state index in [9.17, 15) is 18.0 Å². The summed E-state index contributed by atoms with van der Waals surface area (Å²) < 4.78 is 43.2. The molecule has 2 rings (SSSR count). The second-order valence-electron chi connectivity index (χ2n) is 4.75. The largest absolute Gasteiger partial charge is 0.427 e. The van der Waals surface area contributed by atoms with Gasteiger partial charge in [-0.15, -0.1) is 11.3 Å². The van der Waals surface area contributed by atoms with Crippen molar-refractivity contribution >= 4 is 17.2 Å². The Morgan fingerprint density at radius 3 is 2.57 bits per heavy atom. The zero-order chi connectivity index (χ0) is 15.8. The maximum Gasteiger partial charge on any atom is 0.427 e. The standard InChI is InChI=1S/C11H11F3N4O2S/c1-5-16-9(20-18-5)10(2,3)17-8(19)6-7(11(12,13)14)21-4-15-6/h4H,1-3H3,(H,17,19). The van der Waals surface area contributed by atoms with Crippen molar-refractivity contribution in [2.24, 2.45) is 0 Å². The summed E-state index contributed by atoms with van der Waals surface area (Å²) in [4.78, 5) is 18.4. The zero-order valence-electron chi connectivity index (χ0n) is 11.3. The third kappa shape index (κ3) is 3.20. The molecule has 1 amide bonds. The molecule has 0 fully saturated rings. The van der Waals surface area contributed by atoms with Gasteiger partial charge in [-0.3, -0.25) is 4.79 Å². The number of aryl methyl sites for hydroxylation is 1. The summed E-state index contributed by atoms with van der Waals surface area (Å²) >= 11 is 0.362. The van der Waals surface area contributed by atoms with Crippen LogP contribution in [0.3, 0.4) is 0 Å². The number of carbonyl (C=O) groups is 1. The van der Waals surface area contributed by atoms with E-state index >= 15 is 0 Å². The van der Waals surface area contributed by atoms with E-state index < -0.39 is 28.2 Å². The van der Waals surface area contributed by atoms with Crippen LogP contribution in [-0.4, -0.2) is 21.0 Å². The lowest BCUT2D eigenvalue weighted by molar-refractivity contribution is -0.134. The molecule has 0 unspecified atom stereocenters. The molecule has 2 heterocycles. The average molecular weight is 320 g/mol. The number of thiazole rings is 1. The summed E-state index contributed by atoms with van der Waals surface area (Å²) in [6, 6.07) is 0. The van der Waals surface area contributed by atoms with E-state index in [0.717, 1.165) is 5.51 Å². The van der Waals surface area contributed by atoms with Crippen LogP contribution >= 0.6 is 11.3 Å². The maximum absolute atomic E-state index is 12.8. The van der Waals surface area contributed by atoms with E-state index in [2.05, 4.69) is 20.4 Å². The Labute approximate surface area is 121 Å². The van der Waals surface area contributed by atoms with Gasteiger partial charge in [0.15, 0.2) is 11.5 Å². The Hall–Kier alpha value is -1.97. The van der Waals surface area contributed by atoms with Crippen molar-refractivity contribution in [2.45, 2.75) is 32.5 Å². The molecule has 0 aliphatic carbocycles. The number of halogens is 3. The number of hydrogen-bond acceptors (Lipinski definition) is 6. The Bertz CT molecular complexity index is 662. The van der Waals surface area contributed by atoms with E-state index in [-0.39, 0.29) is 5.89 Å². The molecule has 6 nitrogen and oxygen atoms in total. The normalized spacial score (nSPS) is 12.5. The number of nitrogens with zero attached hydrogens (tertiary/aromatic N) is 3. The van der Waals surface area contributed by atoms with Gasteiger partial charge in [-0.05, 0) is 20.8 Å². The summed E-state index contributed by atoms with van der Waals surface area (Å²) in [5.41, 5.74) is -0.816. The number of amides is 1. The number of alkyl halides is 3. The van der Waals surface area contributed by atoms with Crippen LogP contribution < -0.4 is 5.32 Å². The Morgan fingerprint density at radius 2 is 2.05 bits per heavy atom. The first-order valence-corrected chi connectivity index (χ1v) is 6.63. The molecule has 0 aliphatic rings. The minimum atomic E-state index is -4.63. The van der Waals surface area contributed by atoms with E-state index in [4.69, 9.17) is 4.52 Å². The van der Waals surface area contributed by atoms with Gasteiger partial charge in [0.2, 0.25) is 0 Å². The van der Waals surface area contributed by atoms with Crippen molar-refractivity contribution in [2.75, 3.05) is 0 Å². The first kappa shape index (κ1) is 15.4. The van der Waals surface area contributed by atoms with Crippen LogP contribution in [0.5, 0.6) is 0 Å². The monoisotopic (exact) mass is 320 g/mol. The quantitative estimate of drug-likeness (QED) is 0.940. The number of nitrogens with one attached hydrogen (secondary N) is 1. The molecule has 0 saturated carbocycles. The molecule has 1 N–H and O–H groups in total. The molecule has 0 radical (unpaired) electrons. The van der Waals surface area contributed by atoms with Gasteiger partial charge < -0.3 is 9.84 Å². The number of aromatic nitrogens is 3. The topological polar surface area (TPSA) is 80.9 Å². The highest BCUT2D eigenvalue weighted by Crippen LogP contribution is 2.35. The molecule has 0 aliphatic heterocycles. The van der Waals surface area contributed by atoms with Gasteiger partial charge in [0, 0.05) is 0 Å². The van der Waals surface area contributed by atoms with Gasteiger partial charge >= 0.3 is 6.18 Å². The van der Waals surface area contributed by atoms with Crippen LogP contribution in [0.1, 0.15) is 40.9 Å². The zero-order valence-corrected chi connectivity index (χ0v) is 12.1. The maximum atomic E-state index is 12.8. The number of hydrogen-bond donors (Lipinski definition) is 1. The fourth-order valence-corrected chi connectivity index (χ4v) is 2.21. The van der Waals surface area contributed by atoms with Crippen molar-refractivity contribution < 1.29 is 22.5 Å². The Kier molecular flexibility index (Phi) is 3.74. The van der Waals surface area contributed by atoms with Crippen LogP contribution in [0.4, 0.5) is 13.2 Å². The molecule has 0 saturated heterocycles. The molecule has 0 bridgehead atoms. The molecule has 10 heteroatoms. The van der Waals surface area contributed by atoms with Gasteiger partial charge in [-0.25, -0.2) is 4.98 Å². The van der Waals surface area contributed by atoms with Crippen LogP contribution in [0, 0.1) is 6.92 Å². The summed E-state index contributed by atoms with van der Waals surface area (Å²) in [6.07, 6.45) is -4.63. The van der Waals surface area contributed by atoms with E-state index in [0.29, 0.717) is 17.2 Å². The van der Waals surface area contributed by atoms with E-state index in [1.807, 2.05) is 0 Å². The van der Waals surface area contributed by atoms with Crippen molar-refractivity contribution in [3.63, 3.8) is 0 Å². The average Bonchev–Trinajstić information content (AvgIpc) is 2.95. The predicted octanol–water partition coefficient (Wildman–Crippen LogP) is 2.52. The molecule has 2 aromatic rings. The third-order valence-electron chi connectivity index (χ3n) is 2.53. The lowest BCUT2D eigenvalue weighted by Crippen LogP contribution is -2.42. The minimum Gasteiger partial charge on any atom is -0.337 e. The van der Waals surface area contributed by atoms with Crippen molar-refractivity contribution in [1.82, 2.24) is 20.4 Å². The van der Waals surface area contributed by atoms with Gasteiger partial charge in [0.1, 0.15) is 10.4 Å². The summed E-state index contributed by atoms with van der Waals surface area (Å²) in [5, 5.41) is 5.99. The minimum absolute atomic E-state index is 0.0946. The molecule has 21 heavy (non-hydrogen) atoms. The van der Waals surface area contributed by atoms with Gasteiger partial charge in [0.25, 0.3) is 11.8 Å². The van der Waals surface area contributed by atoms with Crippen LogP contribution in [0.2, 0.25) is 0 Å². The van der Waals surface area contributed by atoms with Crippen LogP contribution in [0.25, 0.3) is 0 Å². The summed E-state index contributed by atoms with van der Waals surface area (Å²) in [6.45, 7) is 4.67. The van der Waals surface area contributed by atoms with E-state index in [1.54, 1.807) is 6.92 Å². The van der Waals surface area contributed by atoms with Crippen LogP contribution in [-0.2, 0) is 11.7 Å². The van der Waals surface area contributed by atoms with Gasteiger partial charge in [-0.2, -0.15) is 18.2 Å². The fourth-order valence-electron chi connectivity index (χ4n) is 1.56. The number of rotatable bonds is 3. The molecular formula is C11H11F3N4O2S. The van der Waals surface area contributed by atoms with Gasteiger partial charge in [-0.1, -0.05) is 5.16 Å². The number of carbonyl (C=O) groups excluding carboxylic acids is 1. The van der Waals surface area contributed by atoms with Crippen molar-refractivity contribution in [3.8, 4) is 0 Å². The molecule has 114 valence electrons. The van der Waals surface area contributed by atoms with Gasteiger partial charge in [0.05, 0.1) is 5.51 Å². The van der Waals surface area contributed by atoms with Crippen molar-refractivity contribution in [3.05, 3.63) is 27.8 Å². The fraction of sp³-hybridized carbons (Fsp3) is 0.455. The molecular weight excluding hydrogens is 309 g/mol.